The van der Waals surface area contributed by atoms with Gasteiger partial charge in [0.15, 0.2) is 6.04 Å². The molecule has 0 radical (unpaired) electrons. The Labute approximate surface area is 916 Å². The van der Waals surface area contributed by atoms with Gasteiger partial charge in [0.05, 0.1) is 64.7 Å². The second-order valence-corrected chi connectivity index (χ2v) is 38.3. The molecular weight excluding hydrogens is 2010 g/mol. The molecule has 800 valence electrons. The Hall–Kier alpha value is -13.2. The van der Waals surface area contributed by atoms with E-state index in [1.807, 2.05) is 268 Å². The summed E-state index contributed by atoms with van der Waals surface area (Å²) >= 11 is 0. The zero-order valence-electron chi connectivity index (χ0n) is 88.8. The number of aromatic hydroxyl groups is 1. The molecule has 0 saturated carbocycles. The minimum Gasteiger partial charge on any atom is -1.00 e. The molecule has 13 aromatic rings. The van der Waals surface area contributed by atoms with Crippen molar-refractivity contribution in [2.24, 2.45) is 5.73 Å². The maximum Gasteiger partial charge on any atom is 0.278 e. The molecule has 2 atom stereocenters. The van der Waals surface area contributed by atoms with Crippen LogP contribution in [0, 0.1) is 0 Å². The maximum atomic E-state index is 12.9. The molecular formula is C128H160ClIN6O14. The molecule has 1 heterocycles. The van der Waals surface area contributed by atoms with E-state index in [1.165, 1.54) is 73.0 Å². The highest BCUT2D eigenvalue weighted by atomic mass is 127. The number of quaternary nitrogens is 1. The van der Waals surface area contributed by atoms with Gasteiger partial charge in [-0.2, -0.15) is 0 Å². The third kappa shape index (κ3) is 50.4. The highest BCUT2D eigenvalue weighted by Gasteiger charge is 2.35. The minimum absolute atomic E-state index is 0. The average Bonchev–Trinajstić information content (AvgIpc) is 1.63. The number of halogens is 2. The van der Waals surface area contributed by atoms with Crippen LogP contribution in [-0.4, -0.2) is 143 Å². The smallest absolute Gasteiger partial charge is 0.278 e. The Bertz CT molecular complexity index is 5660. The van der Waals surface area contributed by atoms with E-state index in [4.69, 9.17) is 53.5 Å². The molecule has 20 nitrogen and oxygen atoms in total. The molecule has 150 heavy (non-hydrogen) atoms. The number of phenols is 1. The molecule has 0 bridgehead atoms. The number of ether oxygens (including phenoxy) is 9. The summed E-state index contributed by atoms with van der Waals surface area (Å²) < 4.78 is 52.7. The van der Waals surface area contributed by atoms with E-state index in [0.29, 0.717) is 61.8 Å². The fraction of sp³-hybridized carbons (Fsp3) is 0.359. The summed E-state index contributed by atoms with van der Waals surface area (Å²) in [6, 6.07) is 116. The average molecular weight is 2170 g/mol. The van der Waals surface area contributed by atoms with Crippen LogP contribution in [0.2, 0.25) is 0 Å². The summed E-state index contributed by atoms with van der Waals surface area (Å²) in [5, 5.41) is 15.4. The van der Waals surface area contributed by atoms with Gasteiger partial charge in [0.1, 0.15) is 90.5 Å². The van der Waals surface area contributed by atoms with E-state index >= 15 is 0 Å². The Morgan fingerprint density at radius 3 is 0.793 bits per heavy atom. The first-order valence-electron chi connectivity index (χ1n) is 53.3. The van der Waals surface area contributed by atoms with Crippen molar-refractivity contribution in [3.8, 4) is 57.5 Å². The number of carbonyl (C=O) groups excluding carboxylic acids is 4. The third-order valence-corrected chi connectivity index (χ3v) is 25.1. The van der Waals surface area contributed by atoms with Gasteiger partial charge in [-0.05, 0) is 251 Å². The Morgan fingerprint density at radius 2 is 0.520 bits per heavy atom. The number of fused-ring (bicyclic) bond motifs is 1. The van der Waals surface area contributed by atoms with Gasteiger partial charge in [-0.25, -0.2) is 0 Å². The molecule has 0 spiro atoms. The fourth-order valence-electron chi connectivity index (χ4n) is 16.4. The normalized spacial score (nSPS) is 11.5. The lowest BCUT2D eigenvalue weighted by atomic mass is 10.0. The second-order valence-electron chi connectivity index (χ2n) is 38.3. The number of imide groups is 1. The van der Waals surface area contributed by atoms with Crippen molar-refractivity contribution in [3.05, 3.63) is 408 Å². The Balaban J connectivity index is 0.000000233. The van der Waals surface area contributed by atoms with Gasteiger partial charge >= 0.3 is 0 Å². The number of hydrogen-bond donors (Lipinski definition) is 4. The summed E-state index contributed by atoms with van der Waals surface area (Å²) in [4.78, 5) is 53.6. The predicted molar refractivity (Wildman–Crippen MR) is 604 cm³/mol. The summed E-state index contributed by atoms with van der Waals surface area (Å²) in [5.41, 5.74) is 14.7. The van der Waals surface area contributed by atoms with E-state index in [2.05, 4.69) is 92.4 Å². The van der Waals surface area contributed by atoms with Crippen molar-refractivity contribution in [1.82, 2.24) is 20.4 Å². The van der Waals surface area contributed by atoms with Crippen LogP contribution in [-0.2, 0) is 55.5 Å². The first kappa shape index (κ1) is 122. The second kappa shape index (κ2) is 73.9. The zero-order chi connectivity index (χ0) is 104. The van der Waals surface area contributed by atoms with Crippen LogP contribution in [0.1, 0.15) is 214 Å². The number of carbonyl (C=O) groups is 4. The highest BCUT2D eigenvalue weighted by Crippen LogP contribution is 2.29. The summed E-state index contributed by atoms with van der Waals surface area (Å²) in [5.74, 6) is 7.87. The number of likely N-dealkylation sites (N-methyl/N-ethyl adjacent to an activating group) is 2. The molecule has 0 fully saturated rings. The van der Waals surface area contributed by atoms with Gasteiger partial charge in [-0.15, -0.1) is 12.4 Å². The first-order valence-corrected chi connectivity index (χ1v) is 53.3. The van der Waals surface area contributed by atoms with E-state index in [9.17, 15) is 19.2 Å². The van der Waals surface area contributed by atoms with Crippen molar-refractivity contribution >= 4 is 36.0 Å². The molecule has 0 saturated heterocycles. The Kier molecular flexibility index (Phi) is 60.1. The lowest BCUT2D eigenvalue weighted by molar-refractivity contribution is -0.886. The molecule has 1 aliphatic rings. The van der Waals surface area contributed by atoms with Crippen LogP contribution >= 0.6 is 12.4 Å². The number of rotatable bonds is 62. The number of unbranched alkanes of at least 4 members (excludes halogenated alkanes) is 20. The van der Waals surface area contributed by atoms with Gasteiger partial charge in [-0.1, -0.05) is 327 Å². The van der Waals surface area contributed by atoms with Crippen LogP contribution in [0.5, 0.6) is 57.5 Å². The number of hydrogen-bond acceptors (Lipinski definition) is 16. The van der Waals surface area contributed by atoms with Gasteiger partial charge in [0.25, 0.3) is 17.7 Å². The molecule has 0 unspecified atom stereocenters. The number of amides is 4. The molecule has 0 aromatic heterocycles. The van der Waals surface area contributed by atoms with Gasteiger partial charge in [-0.3, -0.25) is 29.0 Å². The quantitative estimate of drug-likeness (QED) is 0.0120. The number of phenolic OH excluding ortho intramolecular Hbond substituents is 1. The highest BCUT2D eigenvalue weighted by molar-refractivity contribution is 6.21. The summed E-state index contributed by atoms with van der Waals surface area (Å²) in [7, 11) is 10.2. The molecule has 22 heteroatoms. The molecule has 0 aliphatic carbocycles. The van der Waals surface area contributed by atoms with E-state index in [0.717, 1.165) is 229 Å². The monoisotopic (exact) mass is 2170 g/mol. The van der Waals surface area contributed by atoms with E-state index < -0.39 is 0 Å². The van der Waals surface area contributed by atoms with Crippen molar-refractivity contribution in [2.45, 2.75) is 212 Å². The summed E-state index contributed by atoms with van der Waals surface area (Å²) in [6.45, 7) is 8.56. The number of nitrogens with two attached hydrogens (primary N) is 1. The maximum absolute atomic E-state index is 12.9. The van der Waals surface area contributed by atoms with Crippen LogP contribution < -0.4 is 83.0 Å². The molecule has 14 rings (SSSR count). The van der Waals surface area contributed by atoms with E-state index in [1.54, 1.807) is 48.5 Å². The van der Waals surface area contributed by atoms with Gasteiger partial charge in [0.2, 0.25) is 5.91 Å². The minimum atomic E-state index is -0.159. The zero-order valence-corrected chi connectivity index (χ0v) is 91.7. The van der Waals surface area contributed by atoms with Crippen LogP contribution in [0.3, 0.4) is 0 Å². The standard InChI is InChI=1S/C33H44N2O3.C32H42N2O3.C29H31NO4.C21H29NO2.C13H12O2.ClH.HI/c1-35(2,3)32(26-28-16-10-8-11-17-28)33(36)34-24-14-6-4-5-7-15-25-37-30-20-22-31(23-21-30)38-27-29-18-12-9-13-19-29;1-34(2)31(25-27-15-9-7-10-16-27)32(35)33-23-13-5-3-4-6-14-24-36-29-19-21-30(22-20-29)37-26-28-17-11-8-12-18-28;31-28-26-14-8-9-15-27(26)29(32)30(28)20-10-3-1-2-4-11-21-33-24-16-18-25(19-17-24)34-22-23-12-6-5-7-13-23;22-16-8-3-1-2-4-9-17-23-20-12-14-21(15-13-20)24-18-19-10-6-5-7-11-19;14-12-6-8-13(9-7-12)15-10-11-4-2-1-3-5-11;;/h8-13,16-23,32H,4-7,14-15,24-27H2,1-3H3;7-12,15-22,31H,3-6,13-14,23-26H2,1-2H3,(H,33,35);5-9,12-19H,1-4,10-11,20-22H2;5-7,10-15H,1-4,8-9,16-18,22H2;1-9,14H,10H2;2*1H/t32-;31-;;;;;/m00...../s1. The van der Waals surface area contributed by atoms with Gasteiger partial charge < -0.3 is 92.6 Å². The van der Waals surface area contributed by atoms with Crippen molar-refractivity contribution in [1.29, 1.82) is 0 Å². The molecule has 13 aromatic carbocycles. The number of nitrogens with zero attached hydrogens (tertiary/aromatic N) is 3. The van der Waals surface area contributed by atoms with E-state index in [-0.39, 0.29) is 77.8 Å². The predicted octanol–water partition coefficient (Wildman–Crippen LogP) is 24.3. The lowest BCUT2D eigenvalue weighted by Crippen LogP contribution is -3.00. The number of nitrogens with one attached hydrogen (secondary N) is 2. The number of benzene rings is 13. The van der Waals surface area contributed by atoms with Crippen molar-refractivity contribution < 1.29 is 95.4 Å². The largest absolute Gasteiger partial charge is 1.00 e. The van der Waals surface area contributed by atoms with Crippen LogP contribution in [0.15, 0.2) is 358 Å². The lowest BCUT2D eigenvalue weighted by Gasteiger charge is -2.33. The SMILES string of the molecule is CN(C)[C@@H](Cc1ccccc1)C(=O)NCCCCCCCCOc1ccc(OCc2ccccc2)cc1.C[N+](C)(C)[C@@H](Cc1ccccc1)C(=O)NCCCCCCCCOc1ccc(OCc2ccccc2)cc1.Cl.NCCCCCCCCOc1ccc(OCc2ccccc2)cc1.O=C1c2ccccc2C(=O)N1CCCCCCCCOc1ccc(OCc2ccccc2)cc1.Oc1ccc(OCc2ccccc2)cc1.[I-]. The third-order valence-electron chi connectivity index (χ3n) is 25.1. The first-order chi connectivity index (χ1) is 72.5. The molecule has 5 N–H and O–H groups in total. The molecule has 1 aliphatic heterocycles. The van der Waals surface area contributed by atoms with Crippen molar-refractivity contribution in [3.63, 3.8) is 0 Å². The Morgan fingerprint density at radius 1 is 0.293 bits per heavy atom. The van der Waals surface area contributed by atoms with Crippen molar-refractivity contribution in [2.75, 3.05) is 87.8 Å². The van der Waals surface area contributed by atoms with Crippen LogP contribution in [0.25, 0.3) is 0 Å². The topological polar surface area (TPSA) is 228 Å². The summed E-state index contributed by atoms with van der Waals surface area (Å²) in [6.07, 6.45) is 28.4. The van der Waals surface area contributed by atoms with Gasteiger partial charge in [0, 0.05) is 26.1 Å². The van der Waals surface area contributed by atoms with Crippen LogP contribution in [0.4, 0.5) is 0 Å². The molecule has 4 amide bonds. The fourth-order valence-corrected chi connectivity index (χ4v) is 16.4.